The number of amides is 3. The van der Waals surface area contributed by atoms with Crippen LogP contribution >= 0.6 is 11.8 Å². The lowest BCUT2D eigenvalue weighted by Crippen LogP contribution is -2.42. The van der Waals surface area contributed by atoms with Crippen LogP contribution in [-0.4, -0.2) is 93.0 Å². The molecule has 1 aliphatic carbocycles. The summed E-state index contributed by atoms with van der Waals surface area (Å²) in [5, 5.41) is 3.01. The smallest absolute Gasteiger partial charge is 0.247 e. The molecular weight excluding hydrogens is 651 g/mol. The number of anilines is 1. The SMILES string of the molecule is CCCN(CC(=O)Nc1ccc(C2SC(=NC3=CCC(N4CCOCC4)C=C3)N(Cc3cnc(C)cn3)C2=O)cc1)C(=O)Cc1ccccc1. The molecule has 0 bridgehead atoms. The van der Waals surface area contributed by atoms with Gasteiger partial charge in [0.05, 0.1) is 56.0 Å². The molecule has 1 aromatic heterocycles. The number of carbonyl (C=O) groups excluding carboxylic acids is 3. The van der Waals surface area contributed by atoms with Crippen molar-refractivity contribution in [3.05, 3.63) is 113 Å². The van der Waals surface area contributed by atoms with Crippen molar-refractivity contribution in [3.8, 4) is 0 Å². The van der Waals surface area contributed by atoms with Crippen LogP contribution in [0, 0.1) is 6.92 Å². The van der Waals surface area contributed by atoms with Gasteiger partial charge in [-0.1, -0.05) is 73.3 Å². The van der Waals surface area contributed by atoms with Crippen molar-refractivity contribution in [2.45, 2.75) is 50.9 Å². The zero-order valence-corrected chi connectivity index (χ0v) is 29.3. The summed E-state index contributed by atoms with van der Waals surface area (Å²) in [5.74, 6) is -0.453. The maximum Gasteiger partial charge on any atom is 0.247 e. The van der Waals surface area contributed by atoms with Crippen molar-refractivity contribution in [2.24, 2.45) is 4.99 Å². The number of carbonyl (C=O) groups is 3. The number of aliphatic imine (C=N–C) groups is 1. The van der Waals surface area contributed by atoms with Crippen LogP contribution in [0.15, 0.2) is 95.9 Å². The monoisotopic (exact) mass is 693 g/mol. The molecule has 260 valence electrons. The van der Waals surface area contributed by atoms with E-state index >= 15 is 0 Å². The summed E-state index contributed by atoms with van der Waals surface area (Å²) in [7, 11) is 0. The molecule has 3 heterocycles. The van der Waals surface area contributed by atoms with Gasteiger partial charge >= 0.3 is 0 Å². The Labute approximate surface area is 297 Å². The van der Waals surface area contributed by atoms with Crippen molar-refractivity contribution in [1.82, 2.24) is 24.7 Å². The second-order valence-electron chi connectivity index (χ2n) is 12.6. The van der Waals surface area contributed by atoms with Crippen LogP contribution in [0.4, 0.5) is 5.69 Å². The first-order valence-electron chi connectivity index (χ1n) is 17.1. The molecule has 11 nitrogen and oxygen atoms in total. The fourth-order valence-electron chi connectivity index (χ4n) is 6.09. The van der Waals surface area contributed by atoms with Gasteiger partial charge in [-0.3, -0.25) is 34.2 Å². The molecule has 2 atom stereocenters. The van der Waals surface area contributed by atoms with E-state index in [2.05, 4.69) is 32.3 Å². The Kier molecular flexibility index (Phi) is 11.9. The van der Waals surface area contributed by atoms with Crippen LogP contribution in [-0.2, 0) is 32.1 Å². The van der Waals surface area contributed by atoms with Crippen molar-refractivity contribution in [3.63, 3.8) is 0 Å². The molecule has 0 radical (unpaired) electrons. The third-order valence-corrected chi connectivity index (χ3v) is 10.0. The topological polar surface area (TPSA) is 120 Å². The minimum atomic E-state index is -0.512. The Hall–Kier alpha value is -4.65. The number of hydrogen-bond donors (Lipinski definition) is 1. The number of benzene rings is 2. The number of thioether (sulfide) groups is 1. The quantitative estimate of drug-likeness (QED) is 0.284. The Morgan fingerprint density at radius 1 is 1.06 bits per heavy atom. The van der Waals surface area contributed by atoms with E-state index < -0.39 is 5.25 Å². The summed E-state index contributed by atoms with van der Waals surface area (Å²) in [6.45, 7) is 7.91. The third-order valence-electron chi connectivity index (χ3n) is 8.77. The van der Waals surface area contributed by atoms with E-state index in [0.29, 0.717) is 29.1 Å². The van der Waals surface area contributed by atoms with Gasteiger partial charge in [0, 0.05) is 37.6 Å². The highest BCUT2D eigenvalue weighted by Gasteiger charge is 2.39. The molecule has 2 aromatic carbocycles. The lowest BCUT2D eigenvalue weighted by molar-refractivity contribution is -0.134. The number of amidine groups is 1. The lowest BCUT2D eigenvalue weighted by Gasteiger charge is -2.33. The van der Waals surface area contributed by atoms with Gasteiger partial charge in [-0.2, -0.15) is 0 Å². The molecule has 3 aliphatic rings. The van der Waals surface area contributed by atoms with Gasteiger partial charge in [0.15, 0.2) is 5.17 Å². The van der Waals surface area contributed by atoms with Crippen LogP contribution in [0.3, 0.4) is 0 Å². The minimum Gasteiger partial charge on any atom is -0.379 e. The Morgan fingerprint density at radius 3 is 2.52 bits per heavy atom. The zero-order chi connectivity index (χ0) is 34.9. The summed E-state index contributed by atoms with van der Waals surface area (Å²) in [5.41, 5.74) is 4.61. The molecule has 2 aliphatic heterocycles. The maximum atomic E-state index is 13.9. The van der Waals surface area contributed by atoms with Gasteiger partial charge in [0.25, 0.3) is 0 Å². The molecule has 0 saturated carbocycles. The van der Waals surface area contributed by atoms with Crippen molar-refractivity contribution >= 4 is 40.3 Å². The summed E-state index contributed by atoms with van der Waals surface area (Å²) < 4.78 is 5.51. The van der Waals surface area contributed by atoms with Gasteiger partial charge < -0.3 is 15.0 Å². The van der Waals surface area contributed by atoms with Crippen LogP contribution in [0.2, 0.25) is 0 Å². The predicted octanol–water partition coefficient (Wildman–Crippen LogP) is 4.92. The fraction of sp³-hybridized carbons (Fsp3) is 0.368. The van der Waals surface area contributed by atoms with Crippen LogP contribution in [0.1, 0.15) is 47.5 Å². The summed E-state index contributed by atoms with van der Waals surface area (Å²) in [6, 6.07) is 17.1. The molecule has 2 unspecified atom stereocenters. The Bertz CT molecular complexity index is 1740. The van der Waals surface area contributed by atoms with Gasteiger partial charge in [-0.15, -0.1) is 0 Å². The second kappa shape index (κ2) is 16.8. The number of nitrogens with zero attached hydrogens (tertiary/aromatic N) is 6. The van der Waals surface area contributed by atoms with Crippen molar-refractivity contribution < 1.29 is 19.1 Å². The predicted molar refractivity (Wildman–Crippen MR) is 195 cm³/mol. The second-order valence-corrected chi connectivity index (χ2v) is 13.6. The molecule has 50 heavy (non-hydrogen) atoms. The molecule has 3 amide bonds. The minimum absolute atomic E-state index is 0.0353. The fourth-order valence-corrected chi connectivity index (χ4v) is 7.26. The zero-order valence-electron chi connectivity index (χ0n) is 28.5. The highest BCUT2D eigenvalue weighted by Crippen LogP contribution is 2.41. The number of allylic oxidation sites excluding steroid dienone is 1. The number of nitrogens with one attached hydrogen (secondary N) is 1. The average molecular weight is 694 g/mol. The van der Waals surface area contributed by atoms with Gasteiger partial charge in [0.2, 0.25) is 17.7 Å². The number of ether oxygens (including phenoxy) is 1. The summed E-state index contributed by atoms with van der Waals surface area (Å²) >= 11 is 1.41. The molecular formula is C38H43N7O4S. The largest absolute Gasteiger partial charge is 0.379 e. The maximum absolute atomic E-state index is 13.9. The number of hydrogen-bond acceptors (Lipinski definition) is 9. The van der Waals surface area contributed by atoms with E-state index in [-0.39, 0.29) is 37.2 Å². The summed E-state index contributed by atoms with van der Waals surface area (Å²) in [4.78, 5) is 59.4. The molecule has 1 N–H and O–H groups in total. The van der Waals surface area contributed by atoms with E-state index in [4.69, 9.17) is 9.73 Å². The number of aromatic nitrogens is 2. The van der Waals surface area contributed by atoms with Crippen LogP contribution in [0.5, 0.6) is 0 Å². The van der Waals surface area contributed by atoms with E-state index in [9.17, 15) is 14.4 Å². The third kappa shape index (κ3) is 9.12. The van der Waals surface area contributed by atoms with E-state index in [0.717, 1.165) is 61.7 Å². The Morgan fingerprint density at radius 2 is 1.84 bits per heavy atom. The highest BCUT2D eigenvalue weighted by atomic mass is 32.2. The van der Waals surface area contributed by atoms with E-state index in [1.165, 1.54) is 11.8 Å². The normalized spacial score (nSPS) is 20.2. The molecule has 0 spiro atoms. The van der Waals surface area contributed by atoms with Crippen molar-refractivity contribution in [2.75, 3.05) is 44.7 Å². The first-order valence-corrected chi connectivity index (χ1v) is 18.0. The van der Waals surface area contributed by atoms with Gasteiger partial charge in [0.1, 0.15) is 5.25 Å². The number of morpholine rings is 1. The molecule has 12 heteroatoms. The van der Waals surface area contributed by atoms with E-state index in [1.54, 1.807) is 34.3 Å². The van der Waals surface area contributed by atoms with E-state index in [1.807, 2.05) is 62.4 Å². The highest BCUT2D eigenvalue weighted by molar-refractivity contribution is 8.15. The molecule has 3 aromatic rings. The van der Waals surface area contributed by atoms with Gasteiger partial charge in [-0.05, 0) is 49.1 Å². The van der Waals surface area contributed by atoms with Crippen molar-refractivity contribution in [1.29, 1.82) is 0 Å². The average Bonchev–Trinajstić information content (AvgIpc) is 3.44. The summed E-state index contributed by atoms with van der Waals surface area (Å²) in [6.07, 6.45) is 11.6. The van der Waals surface area contributed by atoms with Crippen LogP contribution < -0.4 is 5.32 Å². The molecule has 6 rings (SSSR count). The number of rotatable bonds is 12. The van der Waals surface area contributed by atoms with Gasteiger partial charge in [-0.25, -0.2) is 4.99 Å². The Balaban J connectivity index is 1.13. The lowest BCUT2D eigenvalue weighted by atomic mass is 10.1. The molecule has 2 saturated heterocycles. The first kappa shape index (κ1) is 35.2. The number of aryl methyl sites for hydroxylation is 1. The standard InChI is InChI=1S/C38H43N7O4S/c1-3-17-44(35(47)22-28-7-5-4-6-8-28)26-34(46)41-30-11-9-29(10-12-30)36-37(48)45(25-32-24-39-27(2)23-40-32)38(50-36)42-31-13-15-33(16-14-31)43-18-20-49-21-19-43/h4-15,23-24,33,36H,3,16-22,25-26H2,1-2H3,(H,41,46). The molecule has 2 fully saturated rings. The first-order chi connectivity index (χ1) is 24.4. The van der Waals surface area contributed by atoms with Crippen LogP contribution in [0.25, 0.3) is 0 Å².